The van der Waals surface area contributed by atoms with Crippen molar-refractivity contribution in [1.82, 2.24) is 15.1 Å². The van der Waals surface area contributed by atoms with E-state index in [9.17, 15) is 0 Å². The van der Waals surface area contributed by atoms with Gasteiger partial charge in [-0.1, -0.05) is 11.6 Å². The summed E-state index contributed by atoms with van der Waals surface area (Å²) in [5.41, 5.74) is 1.06. The van der Waals surface area contributed by atoms with Crippen LogP contribution in [0.3, 0.4) is 0 Å². The molecular weight excluding hydrogens is 258 g/mol. The molecule has 4 nitrogen and oxygen atoms in total. The molecule has 0 saturated heterocycles. The molecule has 17 heavy (non-hydrogen) atoms. The highest BCUT2D eigenvalue weighted by Gasteiger charge is 2.18. The van der Waals surface area contributed by atoms with Crippen molar-refractivity contribution < 1.29 is 4.74 Å². The maximum atomic E-state index is 6.21. The summed E-state index contributed by atoms with van der Waals surface area (Å²) in [6, 6.07) is 0.245. The van der Waals surface area contributed by atoms with Crippen LogP contribution in [-0.4, -0.2) is 42.6 Å². The van der Waals surface area contributed by atoms with Crippen LogP contribution in [0.5, 0.6) is 0 Å². The Morgan fingerprint density at radius 1 is 1.65 bits per heavy atom. The summed E-state index contributed by atoms with van der Waals surface area (Å²) >= 11 is 8.04. The molecule has 1 N–H and O–H groups in total. The van der Waals surface area contributed by atoms with Crippen LogP contribution in [0, 0.1) is 0 Å². The number of nitrogens with zero attached hydrogens (tertiary/aromatic N) is 2. The molecule has 1 aromatic rings. The van der Waals surface area contributed by atoms with Gasteiger partial charge in [-0.2, -0.15) is 16.9 Å². The average molecular weight is 278 g/mol. The van der Waals surface area contributed by atoms with Gasteiger partial charge < -0.3 is 10.1 Å². The molecule has 0 aliphatic heterocycles. The molecule has 0 spiro atoms. The Labute approximate surface area is 112 Å². The molecule has 1 aromatic heterocycles. The number of halogens is 1. The maximum absolute atomic E-state index is 6.21. The number of hydrogen-bond donors (Lipinski definition) is 1. The van der Waals surface area contributed by atoms with Gasteiger partial charge in [0.2, 0.25) is 0 Å². The molecule has 98 valence electrons. The van der Waals surface area contributed by atoms with E-state index >= 15 is 0 Å². The summed E-state index contributed by atoms with van der Waals surface area (Å²) < 4.78 is 7.00. The highest BCUT2D eigenvalue weighted by atomic mass is 35.5. The van der Waals surface area contributed by atoms with Crippen LogP contribution in [0.15, 0.2) is 6.20 Å². The Bertz CT molecular complexity index is 333. The second-order valence-electron chi connectivity index (χ2n) is 3.72. The fraction of sp³-hybridized carbons (Fsp3) is 0.727. The van der Waals surface area contributed by atoms with Crippen molar-refractivity contribution in [1.29, 1.82) is 0 Å². The lowest BCUT2D eigenvalue weighted by atomic mass is 10.1. The van der Waals surface area contributed by atoms with Crippen LogP contribution in [0.4, 0.5) is 0 Å². The molecule has 6 heteroatoms. The molecule has 1 heterocycles. The topological polar surface area (TPSA) is 39.1 Å². The summed E-state index contributed by atoms with van der Waals surface area (Å²) in [5, 5.41) is 8.31. The molecule has 1 unspecified atom stereocenters. The highest BCUT2D eigenvalue weighted by Crippen LogP contribution is 2.25. The first-order valence-corrected chi connectivity index (χ1v) is 7.38. The maximum Gasteiger partial charge on any atom is 0.0834 e. The van der Waals surface area contributed by atoms with Crippen molar-refractivity contribution in [2.75, 3.05) is 32.8 Å². The third kappa shape index (κ3) is 4.17. The minimum atomic E-state index is 0.245. The number of hydrogen-bond acceptors (Lipinski definition) is 4. The van der Waals surface area contributed by atoms with Gasteiger partial charge in [-0.05, 0) is 25.5 Å². The monoisotopic (exact) mass is 277 g/mol. The summed E-state index contributed by atoms with van der Waals surface area (Å²) in [4.78, 5) is 0. The second-order valence-corrected chi connectivity index (χ2v) is 5.11. The predicted octanol–water partition coefficient (Wildman–Crippen LogP) is 2.20. The quantitative estimate of drug-likeness (QED) is 0.791. The minimum absolute atomic E-state index is 0.245. The van der Waals surface area contributed by atoms with Crippen LogP contribution in [0.25, 0.3) is 0 Å². The molecule has 0 bridgehead atoms. The number of aromatic nitrogens is 2. The summed E-state index contributed by atoms with van der Waals surface area (Å²) in [6.07, 6.45) is 4.85. The third-order valence-electron chi connectivity index (χ3n) is 2.63. The van der Waals surface area contributed by atoms with Crippen molar-refractivity contribution in [2.24, 2.45) is 0 Å². The van der Waals surface area contributed by atoms with Gasteiger partial charge in [0.1, 0.15) is 0 Å². The summed E-state index contributed by atoms with van der Waals surface area (Å²) in [6.45, 7) is 1.37. The van der Waals surface area contributed by atoms with E-state index in [2.05, 4.69) is 16.7 Å². The van der Waals surface area contributed by atoms with E-state index in [-0.39, 0.29) is 6.04 Å². The Balaban J connectivity index is 2.80. The Morgan fingerprint density at radius 3 is 3.00 bits per heavy atom. The first-order chi connectivity index (χ1) is 8.24. The van der Waals surface area contributed by atoms with Gasteiger partial charge in [-0.25, -0.2) is 0 Å². The number of methoxy groups -OCH3 is 1. The van der Waals surface area contributed by atoms with E-state index < -0.39 is 0 Å². The predicted molar refractivity (Wildman–Crippen MR) is 73.9 cm³/mol. The fourth-order valence-electron chi connectivity index (χ4n) is 1.73. The van der Waals surface area contributed by atoms with E-state index in [1.54, 1.807) is 13.3 Å². The first kappa shape index (κ1) is 14.8. The zero-order valence-electron chi connectivity index (χ0n) is 10.6. The molecule has 0 aliphatic carbocycles. The SMILES string of the molecule is CNC(CCSC)c1c(Cl)cnn1CCOC. The lowest BCUT2D eigenvalue weighted by molar-refractivity contribution is 0.181. The molecule has 0 saturated carbocycles. The molecule has 1 atom stereocenters. The van der Waals surface area contributed by atoms with Gasteiger partial charge in [0.05, 0.1) is 36.1 Å². The number of rotatable bonds is 8. The van der Waals surface area contributed by atoms with Crippen molar-refractivity contribution in [3.05, 3.63) is 16.9 Å². The van der Waals surface area contributed by atoms with E-state index in [1.807, 2.05) is 23.5 Å². The zero-order chi connectivity index (χ0) is 12.7. The normalized spacial score (nSPS) is 12.9. The molecular formula is C11H20ClN3OS. The van der Waals surface area contributed by atoms with Crippen LogP contribution < -0.4 is 5.32 Å². The standard InChI is InChI=1S/C11H20ClN3OS/c1-13-10(4-7-17-3)11-9(12)8-14-15(11)5-6-16-2/h8,10,13H,4-7H2,1-3H3. The molecule has 0 fully saturated rings. The molecule has 0 amide bonds. The zero-order valence-corrected chi connectivity index (χ0v) is 12.1. The Kier molecular flexibility index (Phi) is 6.96. The van der Waals surface area contributed by atoms with E-state index in [0.29, 0.717) is 6.61 Å². The van der Waals surface area contributed by atoms with Gasteiger partial charge in [0.15, 0.2) is 0 Å². The largest absolute Gasteiger partial charge is 0.383 e. The van der Waals surface area contributed by atoms with Crippen LogP contribution in [0.2, 0.25) is 5.02 Å². The van der Waals surface area contributed by atoms with E-state index in [0.717, 1.165) is 29.4 Å². The van der Waals surface area contributed by atoms with Crippen LogP contribution in [0.1, 0.15) is 18.2 Å². The van der Waals surface area contributed by atoms with Crippen LogP contribution in [-0.2, 0) is 11.3 Å². The van der Waals surface area contributed by atoms with Crippen molar-refractivity contribution in [3.63, 3.8) is 0 Å². The summed E-state index contributed by atoms with van der Waals surface area (Å²) in [5.74, 6) is 1.09. The van der Waals surface area contributed by atoms with Crippen molar-refractivity contribution in [3.8, 4) is 0 Å². The first-order valence-electron chi connectivity index (χ1n) is 5.61. The molecule has 0 aromatic carbocycles. The van der Waals surface area contributed by atoms with Crippen molar-refractivity contribution in [2.45, 2.75) is 19.0 Å². The fourth-order valence-corrected chi connectivity index (χ4v) is 2.47. The van der Waals surface area contributed by atoms with E-state index in [1.165, 1.54) is 0 Å². The number of nitrogens with one attached hydrogen (secondary N) is 1. The lowest BCUT2D eigenvalue weighted by Crippen LogP contribution is -2.22. The molecule has 0 aliphatic rings. The van der Waals surface area contributed by atoms with Crippen molar-refractivity contribution >= 4 is 23.4 Å². The number of thioether (sulfide) groups is 1. The molecule has 1 rings (SSSR count). The third-order valence-corrected chi connectivity index (χ3v) is 3.56. The Morgan fingerprint density at radius 2 is 2.41 bits per heavy atom. The summed E-state index contributed by atoms with van der Waals surface area (Å²) in [7, 11) is 3.64. The van der Waals surface area contributed by atoms with Crippen LogP contribution >= 0.6 is 23.4 Å². The van der Waals surface area contributed by atoms with Gasteiger partial charge in [0.25, 0.3) is 0 Å². The van der Waals surface area contributed by atoms with E-state index in [4.69, 9.17) is 16.3 Å². The smallest absolute Gasteiger partial charge is 0.0834 e. The Hall–Kier alpha value is -0.230. The number of ether oxygens (including phenoxy) is 1. The van der Waals surface area contributed by atoms with Gasteiger partial charge in [-0.3, -0.25) is 4.68 Å². The van der Waals surface area contributed by atoms with Gasteiger partial charge in [-0.15, -0.1) is 0 Å². The second kappa shape index (κ2) is 7.97. The molecule has 0 radical (unpaired) electrons. The van der Waals surface area contributed by atoms with Gasteiger partial charge >= 0.3 is 0 Å². The lowest BCUT2D eigenvalue weighted by Gasteiger charge is -2.18. The minimum Gasteiger partial charge on any atom is -0.383 e. The van der Waals surface area contributed by atoms with Gasteiger partial charge in [0, 0.05) is 7.11 Å². The average Bonchev–Trinajstić information content (AvgIpc) is 2.70. The highest BCUT2D eigenvalue weighted by molar-refractivity contribution is 7.98.